The lowest BCUT2D eigenvalue weighted by Gasteiger charge is -2.60. The molecule has 5 aliphatic rings. The quantitative estimate of drug-likeness (QED) is 0.715. The van der Waals surface area contributed by atoms with E-state index in [1.807, 2.05) is 0 Å². The number of ether oxygens (including phenoxy) is 4. The zero-order valence-electron chi connectivity index (χ0n) is 14.5. The fraction of sp³-hybridized carbons (Fsp3) is 0.938. The van der Waals surface area contributed by atoms with Crippen LogP contribution in [0.2, 0.25) is 18.1 Å². The molecule has 0 aromatic rings. The van der Waals surface area contributed by atoms with Crippen LogP contribution >= 0.6 is 0 Å². The molecule has 23 heavy (non-hydrogen) atoms. The van der Waals surface area contributed by atoms with Crippen LogP contribution in [0.25, 0.3) is 0 Å². The fourth-order valence-electron chi connectivity index (χ4n) is 3.86. The maximum atomic E-state index is 12.8. The maximum Gasteiger partial charge on any atom is 0.273 e. The van der Waals surface area contributed by atoms with Gasteiger partial charge >= 0.3 is 0 Å². The van der Waals surface area contributed by atoms with E-state index in [0.717, 1.165) is 12.8 Å². The Labute approximate surface area is 137 Å². The number of Topliss-reactive ketones (excluding diaryl/α,β-unsaturated/α-hetero) is 1. The van der Waals surface area contributed by atoms with Crippen molar-refractivity contribution in [3.63, 3.8) is 0 Å². The van der Waals surface area contributed by atoms with E-state index >= 15 is 0 Å². The van der Waals surface area contributed by atoms with Crippen molar-refractivity contribution >= 4 is 14.1 Å². The van der Waals surface area contributed by atoms with Crippen LogP contribution in [0.4, 0.5) is 0 Å². The molecule has 0 unspecified atom stereocenters. The minimum Gasteiger partial charge on any atom is -0.408 e. The molecule has 1 aliphatic carbocycles. The molecule has 4 aliphatic heterocycles. The highest BCUT2D eigenvalue weighted by atomic mass is 28.4. The van der Waals surface area contributed by atoms with Gasteiger partial charge in [0.05, 0.1) is 0 Å². The lowest BCUT2D eigenvalue weighted by atomic mass is 9.72. The van der Waals surface area contributed by atoms with Gasteiger partial charge in [-0.3, -0.25) is 4.79 Å². The Morgan fingerprint density at radius 1 is 1.22 bits per heavy atom. The molecular weight excluding hydrogens is 316 g/mol. The third-order valence-corrected chi connectivity index (χ3v) is 10.6. The summed E-state index contributed by atoms with van der Waals surface area (Å²) in [7, 11) is -2.07. The van der Waals surface area contributed by atoms with Crippen molar-refractivity contribution < 1.29 is 28.2 Å². The molecule has 0 aromatic heterocycles. The SMILES string of the molecule is CC(C)(C)[Si](C)(C)O[C@@H]1[C@H]2O[C@H]3O[C@@H](C2=O)[C@]2(CCCO2)[C@H]1O3. The lowest BCUT2D eigenvalue weighted by Crippen LogP contribution is -2.80. The number of rotatable bonds is 2. The zero-order valence-corrected chi connectivity index (χ0v) is 15.5. The van der Waals surface area contributed by atoms with E-state index in [0.29, 0.717) is 6.61 Å². The lowest BCUT2D eigenvalue weighted by molar-refractivity contribution is -0.456. The van der Waals surface area contributed by atoms with Gasteiger partial charge in [0.1, 0.15) is 17.8 Å². The van der Waals surface area contributed by atoms with Crippen LogP contribution in [0.1, 0.15) is 33.6 Å². The van der Waals surface area contributed by atoms with Crippen LogP contribution in [0.5, 0.6) is 0 Å². The highest BCUT2D eigenvalue weighted by molar-refractivity contribution is 6.74. The Morgan fingerprint density at radius 3 is 2.57 bits per heavy atom. The number of carbonyl (C=O) groups excluding carboxylic acids is 1. The molecule has 6 atom stereocenters. The third kappa shape index (κ3) is 2.14. The smallest absolute Gasteiger partial charge is 0.273 e. The molecule has 1 saturated carbocycles. The summed E-state index contributed by atoms with van der Waals surface area (Å²) in [4.78, 5) is 12.8. The van der Waals surface area contributed by atoms with Gasteiger partial charge in [-0.25, -0.2) is 0 Å². The monoisotopic (exact) mass is 342 g/mol. The standard InChI is InChI=1S/C16H26O6Si/c1-15(2,3)23(4,5)22-11-10-9(17)12-16(7-6-8-18-16)13(11)21-14(19-10)20-12/h10-14H,6-8H2,1-5H3/t10-,11+,12-,13-,14-,16+/m0/s1. The summed E-state index contributed by atoms with van der Waals surface area (Å²) >= 11 is 0. The van der Waals surface area contributed by atoms with Gasteiger partial charge in [-0.1, -0.05) is 20.8 Å². The van der Waals surface area contributed by atoms with Crippen LogP contribution in [-0.4, -0.2) is 57.2 Å². The van der Waals surface area contributed by atoms with Crippen LogP contribution in [0, 0.1) is 0 Å². The summed E-state index contributed by atoms with van der Waals surface area (Å²) in [6.07, 6.45) is -0.189. The number of hydrogen-bond donors (Lipinski definition) is 0. The van der Waals surface area contributed by atoms with Gasteiger partial charge in [0, 0.05) is 6.61 Å². The predicted octanol–water partition coefficient (Wildman–Crippen LogP) is 1.98. The second-order valence-corrected chi connectivity index (χ2v) is 13.3. The molecule has 130 valence electrons. The molecule has 0 radical (unpaired) electrons. The number of ketones is 1. The molecular formula is C16H26O6Si. The Hall–Kier alpha value is -0.313. The van der Waals surface area contributed by atoms with Gasteiger partial charge in [-0.05, 0) is 31.0 Å². The van der Waals surface area contributed by atoms with Crippen molar-refractivity contribution in [2.75, 3.05) is 6.61 Å². The topological polar surface area (TPSA) is 63.2 Å². The first-order valence-electron chi connectivity index (χ1n) is 8.48. The minimum absolute atomic E-state index is 0.0465. The van der Waals surface area contributed by atoms with Crippen LogP contribution in [-0.2, 0) is 28.2 Å². The highest BCUT2D eigenvalue weighted by Gasteiger charge is 2.71. The van der Waals surface area contributed by atoms with Gasteiger partial charge in [0.2, 0.25) is 0 Å². The highest BCUT2D eigenvalue weighted by Crippen LogP contribution is 2.51. The molecule has 5 rings (SSSR count). The van der Waals surface area contributed by atoms with E-state index < -0.39 is 38.7 Å². The van der Waals surface area contributed by atoms with Gasteiger partial charge < -0.3 is 23.4 Å². The second kappa shape index (κ2) is 4.86. The van der Waals surface area contributed by atoms with Crippen LogP contribution < -0.4 is 0 Å². The molecule has 6 nitrogen and oxygen atoms in total. The summed E-state index contributed by atoms with van der Waals surface area (Å²) < 4.78 is 29.9. The number of carbonyl (C=O) groups is 1. The first kappa shape index (κ1) is 16.2. The summed E-state index contributed by atoms with van der Waals surface area (Å²) in [5.41, 5.74) is -0.694. The van der Waals surface area contributed by atoms with Crippen molar-refractivity contribution in [1.82, 2.24) is 0 Å². The molecule has 0 N–H and O–H groups in total. The van der Waals surface area contributed by atoms with E-state index in [2.05, 4.69) is 33.9 Å². The number of hydrogen-bond acceptors (Lipinski definition) is 6. The molecule has 1 spiro atoms. The summed E-state index contributed by atoms with van der Waals surface area (Å²) in [6, 6.07) is 0. The zero-order chi connectivity index (χ0) is 16.6. The fourth-order valence-corrected chi connectivity index (χ4v) is 5.14. The Balaban J connectivity index is 1.69. The van der Waals surface area contributed by atoms with Crippen molar-refractivity contribution in [2.45, 2.75) is 88.2 Å². The van der Waals surface area contributed by atoms with Gasteiger partial charge in [0.15, 0.2) is 26.3 Å². The van der Waals surface area contributed by atoms with Gasteiger partial charge in [-0.15, -0.1) is 0 Å². The van der Waals surface area contributed by atoms with E-state index in [1.54, 1.807) is 0 Å². The Morgan fingerprint density at radius 2 is 1.96 bits per heavy atom. The van der Waals surface area contributed by atoms with Crippen LogP contribution in [0.3, 0.4) is 0 Å². The predicted molar refractivity (Wildman–Crippen MR) is 83.4 cm³/mol. The third-order valence-electron chi connectivity index (χ3n) is 6.14. The first-order chi connectivity index (χ1) is 10.7. The molecule has 5 fully saturated rings. The molecule has 4 heterocycles. The molecule has 4 saturated heterocycles. The average molecular weight is 342 g/mol. The van der Waals surface area contributed by atoms with Crippen molar-refractivity contribution in [2.24, 2.45) is 0 Å². The first-order valence-corrected chi connectivity index (χ1v) is 11.4. The Bertz CT molecular complexity index is 521. The molecule has 7 heteroatoms. The van der Waals surface area contributed by atoms with Crippen molar-refractivity contribution in [3.8, 4) is 0 Å². The van der Waals surface area contributed by atoms with E-state index in [4.69, 9.17) is 23.4 Å². The van der Waals surface area contributed by atoms with Crippen molar-refractivity contribution in [1.29, 1.82) is 0 Å². The van der Waals surface area contributed by atoms with Crippen LogP contribution in [0.15, 0.2) is 0 Å². The van der Waals surface area contributed by atoms with Gasteiger partial charge in [0.25, 0.3) is 6.48 Å². The minimum atomic E-state index is -2.07. The average Bonchev–Trinajstić information content (AvgIpc) is 2.92. The summed E-state index contributed by atoms with van der Waals surface area (Å²) in [5, 5.41) is 0.0465. The van der Waals surface area contributed by atoms with E-state index in [9.17, 15) is 4.79 Å². The normalized spacial score (nSPS) is 46.1. The molecule has 4 bridgehead atoms. The largest absolute Gasteiger partial charge is 0.408 e. The maximum absolute atomic E-state index is 12.8. The van der Waals surface area contributed by atoms with E-state index in [-0.39, 0.29) is 16.9 Å². The van der Waals surface area contributed by atoms with Crippen molar-refractivity contribution in [3.05, 3.63) is 0 Å². The van der Waals surface area contributed by atoms with E-state index in [1.165, 1.54) is 0 Å². The Kier molecular flexibility index (Phi) is 3.42. The molecule has 0 aromatic carbocycles. The molecule has 0 amide bonds. The second-order valence-electron chi connectivity index (χ2n) is 8.57. The summed E-state index contributed by atoms with van der Waals surface area (Å²) in [6.45, 7) is 10.8. The van der Waals surface area contributed by atoms with Gasteiger partial charge in [-0.2, -0.15) is 0 Å². The summed E-state index contributed by atoms with van der Waals surface area (Å²) in [5.74, 6) is -0.0496.